The number of carbonyl (C=O) groups excluding carboxylic acids is 4. The van der Waals surface area contributed by atoms with E-state index in [4.69, 9.17) is 0 Å². The standard InChI is InChI=1S/C10H18N4O6S2/c11-5(9(19)13-1-7(15)16)3-21-22-4-6(12)10(20)14-2-8(17)18/h5-6H,1-4,11-12H2,(H,13,19)(H,14,20)(H,15,16)(H,17,18). The summed E-state index contributed by atoms with van der Waals surface area (Å²) >= 11 is 0. The largest absolute Gasteiger partial charge is 0.548 e. The Morgan fingerprint density at radius 2 is 1.14 bits per heavy atom. The molecule has 0 fully saturated rings. The maximum Gasteiger partial charge on any atom is 0.279 e. The van der Waals surface area contributed by atoms with Crippen LogP contribution in [0, 0.1) is 0 Å². The summed E-state index contributed by atoms with van der Waals surface area (Å²) in [5.41, 5.74) is 7.18. The number of nitrogens with one attached hydrogen (secondary N) is 2. The van der Waals surface area contributed by atoms with Gasteiger partial charge in [0.25, 0.3) is 11.8 Å². The minimum atomic E-state index is -1.38. The predicted octanol–water partition coefficient (Wildman–Crippen LogP) is -6.68. The van der Waals surface area contributed by atoms with Crippen LogP contribution in [-0.2, 0) is 19.2 Å². The second kappa shape index (κ2) is 11.1. The van der Waals surface area contributed by atoms with Crippen molar-refractivity contribution in [3.63, 3.8) is 0 Å². The van der Waals surface area contributed by atoms with Crippen molar-refractivity contribution < 1.29 is 40.9 Å². The zero-order chi connectivity index (χ0) is 17.1. The molecule has 0 aromatic rings. The van der Waals surface area contributed by atoms with E-state index in [2.05, 4.69) is 22.1 Å². The molecule has 0 aliphatic heterocycles. The summed E-state index contributed by atoms with van der Waals surface area (Å²) < 4.78 is 0. The lowest BCUT2D eigenvalue weighted by Gasteiger charge is -2.11. The van der Waals surface area contributed by atoms with Gasteiger partial charge in [-0.3, -0.25) is 9.59 Å². The normalized spacial score (nSPS) is 13.0. The first kappa shape index (κ1) is 20.5. The van der Waals surface area contributed by atoms with Crippen LogP contribution in [0.15, 0.2) is 0 Å². The van der Waals surface area contributed by atoms with Gasteiger partial charge in [0.05, 0.1) is 36.5 Å². The van der Waals surface area contributed by atoms with Crippen LogP contribution in [0.5, 0.6) is 0 Å². The van der Waals surface area contributed by atoms with Crippen molar-refractivity contribution in [2.45, 2.75) is 12.1 Å². The van der Waals surface area contributed by atoms with Crippen LogP contribution >= 0.6 is 21.6 Å². The molecule has 2 unspecified atom stereocenters. The van der Waals surface area contributed by atoms with Crippen LogP contribution in [0.4, 0.5) is 0 Å². The average molecular weight is 354 g/mol. The molecule has 0 aromatic heterocycles. The molecule has 0 aliphatic carbocycles. The van der Waals surface area contributed by atoms with Crippen LogP contribution in [0.25, 0.3) is 0 Å². The van der Waals surface area contributed by atoms with Crippen molar-refractivity contribution in [2.24, 2.45) is 0 Å². The lowest BCUT2D eigenvalue weighted by atomic mass is 10.3. The van der Waals surface area contributed by atoms with Gasteiger partial charge in [0.15, 0.2) is 12.1 Å². The quantitative estimate of drug-likeness (QED) is 0.207. The van der Waals surface area contributed by atoms with Crippen molar-refractivity contribution >= 4 is 45.3 Å². The Balaban J connectivity index is 3.82. The minimum Gasteiger partial charge on any atom is -0.548 e. The van der Waals surface area contributed by atoms with Crippen LogP contribution in [-0.4, -0.2) is 60.4 Å². The molecule has 126 valence electrons. The molecule has 0 heterocycles. The SMILES string of the molecule is [NH3+]C(CSSCC([NH3+])C(=O)NCC(=O)[O-])C(=O)NCC(=O)[O-]. The fraction of sp³-hybridized carbons (Fsp3) is 0.600. The third-order valence-electron chi connectivity index (χ3n) is 2.18. The summed E-state index contributed by atoms with van der Waals surface area (Å²) in [5.74, 6) is -3.14. The van der Waals surface area contributed by atoms with Gasteiger partial charge in [0, 0.05) is 0 Å². The highest BCUT2D eigenvalue weighted by molar-refractivity contribution is 8.76. The van der Waals surface area contributed by atoms with E-state index in [9.17, 15) is 29.4 Å². The first-order chi connectivity index (χ1) is 10.2. The molecule has 0 saturated heterocycles. The molecule has 0 radical (unpaired) electrons. The van der Waals surface area contributed by atoms with E-state index in [0.717, 1.165) is 0 Å². The number of carbonyl (C=O) groups is 4. The maximum absolute atomic E-state index is 11.4. The number of carboxylic acids is 2. The van der Waals surface area contributed by atoms with Crippen molar-refractivity contribution in [1.29, 1.82) is 0 Å². The molecule has 10 nitrogen and oxygen atoms in total. The third-order valence-corrected chi connectivity index (χ3v) is 4.74. The van der Waals surface area contributed by atoms with Gasteiger partial charge >= 0.3 is 0 Å². The highest BCUT2D eigenvalue weighted by Crippen LogP contribution is 2.21. The smallest absolute Gasteiger partial charge is 0.279 e. The lowest BCUT2D eigenvalue weighted by molar-refractivity contribution is -0.396. The number of aliphatic carboxylic acids is 2. The second-order valence-electron chi connectivity index (χ2n) is 4.14. The van der Waals surface area contributed by atoms with Crippen molar-refractivity contribution in [3.05, 3.63) is 0 Å². The summed E-state index contributed by atoms with van der Waals surface area (Å²) in [5, 5.41) is 24.7. The number of quaternary nitrogens is 2. The average Bonchev–Trinajstić information content (AvgIpc) is 2.45. The van der Waals surface area contributed by atoms with Crippen LogP contribution < -0.4 is 32.3 Å². The molecule has 22 heavy (non-hydrogen) atoms. The number of amides is 2. The van der Waals surface area contributed by atoms with Gasteiger partial charge in [0.1, 0.15) is 0 Å². The van der Waals surface area contributed by atoms with Crippen molar-refractivity contribution in [2.75, 3.05) is 24.6 Å². The molecule has 0 aromatic carbocycles. The highest BCUT2D eigenvalue weighted by atomic mass is 33.1. The highest BCUT2D eigenvalue weighted by Gasteiger charge is 2.19. The number of rotatable bonds is 11. The molecule has 2 atom stereocenters. The van der Waals surface area contributed by atoms with Gasteiger partial charge in [-0.15, -0.1) is 0 Å². The van der Waals surface area contributed by atoms with Gasteiger partial charge in [-0.25, -0.2) is 0 Å². The first-order valence-electron chi connectivity index (χ1n) is 6.09. The summed E-state index contributed by atoms with van der Waals surface area (Å²) in [6.07, 6.45) is 0. The van der Waals surface area contributed by atoms with Gasteiger partial charge < -0.3 is 41.9 Å². The van der Waals surface area contributed by atoms with Gasteiger partial charge in [-0.2, -0.15) is 0 Å². The summed E-state index contributed by atoms with van der Waals surface area (Å²) in [6, 6.07) is -1.29. The molecule has 0 bridgehead atoms. The summed E-state index contributed by atoms with van der Waals surface area (Å²) in [6.45, 7) is -1.13. The lowest BCUT2D eigenvalue weighted by Crippen LogP contribution is -2.69. The monoisotopic (exact) mass is 354 g/mol. The van der Waals surface area contributed by atoms with E-state index >= 15 is 0 Å². The Kier molecular flexibility index (Phi) is 10.4. The van der Waals surface area contributed by atoms with E-state index in [0.29, 0.717) is 11.5 Å². The Hall–Kier alpha value is -1.50. The number of carboxylic acid groups (broad SMARTS) is 2. The van der Waals surface area contributed by atoms with Crippen molar-refractivity contribution in [1.82, 2.24) is 10.6 Å². The van der Waals surface area contributed by atoms with Crippen LogP contribution in [0.3, 0.4) is 0 Å². The maximum atomic E-state index is 11.4. The topological polar surface area (TPSA) is 194 Å². The zero-order valence-electron chi connectivity index (χ0n) is 11.7. The summed E-state index contributed by atoms with van der Waals surface area (Å²) in [4.78, 5) is 43.2. The zero-order valence-corrected chi connectivity index (χ0v) is 13.3. The molecule has 0 aliphatic rings. The molecule has 0 saturated carbocycles. The fourth-order valence-corrected chi connectivity index (χ4v) is 3.41. The minimum absolute atomic E-state index is 0.316. The van der Waals surface area contributed by atoms with E-state index in [1.807, 2.05) is 0 Å². The van der Waals surface area contributed by atoms with E-state index < -0.39 is 48.9 Å². The Morgan fingerprint density at radius 1 is 0.818 bits per heavy atom. The Labute approximate surface area is 134 Å². The summed E-state index contributed by atoms with van der Waals surface area (Å²) in [7, 11) is 2.55. The molecule has 2 amide bonds. The molecule has 12 heteroatoms. The van der Waals surface area contributed by atoms with Crippen molar-refractivity contribution in [3.8, 4) is 0 Å². The van der Waals surface area contributed by atoms with Gasteiger partial charge in [0.2, 0.25) is 0 Å². The second-order valence-corrected chi connectivity index (χ2v) is 6.69. The molecule has 8 N–H and O–H groups in total. The van der Waals surface area contributed by atoms with E-state index in [-0.39, 0.29) is 0 Å². The van der Waals surface area contributed by atoms with E-state index in [1.165, 1.54) is 21.6 Å². The molecule has 0 spiro atoms. The molecule has 0 rings (SSSR count). The van der Waals surface area contributed by atoms with Crippen LogP contribution in [0.1, 0.15) is 0 Å². The Bertz CT molecular complexity index is 384. The van der Waals surface area contributed by atoms with Gasteiger partial charge in [-0.1, -0.05) is 21.6 Å². The van der Waals surface area contributed by atoms with Gasteiger partial charge in [-0.05, 0) is 0 Å². The molecular weight excluding hydrogens is 336 g/mol. The molecular formula is C10H18N4O6S2. The number of hydrogen-bond acceptors (Lipinski definition) is 8. The van der Waals surface area contributed by atoms with E-state index in [1.54, 1.807) is 0 Å². The predicted molar refractivity (Wildman–Crippen MR) is 74.3 cm³/mol. The Morgan fingerprint density at radius 3 is 1.41 bits per heavy atom. The van der Waals surface area contributed by atoms with Crippen LogP contribution in [0.2, 0.25) is 0 Å². The third kappa shape index (κ3) is 10.3. The number of hydrogen-bond donors (Lipinski definition) is 4. The first-order valence-corrected chi connectivity index (χ1v) is 8.58. The fourth-order valence-electron chi connectivity index (χ4n) is 1.02.